The molecule has 0 aliphatic rings. The van der Waals surface area contributed by atoms with Gasteiger partial charge in [-0.15, -0.1) is 0 Å². The third kappa shape index (κ3) is 9.06. The third-order valence-electron chi connectivity index (χ3n) is 8.49. The Balaban J connectivity index is 1.42. The number of rotatable bonds is 14. The van der Waals surface area contributed by atoms with Crippen LogP contribution in [-0.4, -0.2) is 42.3 Å². The van der Waals surface area contributed by atoms with Crippen LogP contribution < -0.4 is 16.0 Å². The molecule has 1 unspecified atom stereocenters. The van der Waals surface area contributed by atoms with Gasteiger partial charge in [-0.1, -0.05) is 129 Å². The zero-order chi connectivity index (χ0) is 33.9. The fourth-order valence-electron chi connectivity index (χ4n) is 5.77. The summed E-state index contributed by atoms with van der Waals surface area (Å²) in [6, 6.07) is 34.3. The van der Waals surface area contributed by atoms with Gasteiger partial charge in [-0.25, -0.2) is 4.79 Å². The van der Waals surface area contributed by atoms with Crippen LogP contribution in [-0.2, 0) is 38.6 Å². The van der Waals surface area contributed by atoms with Crippen molar-refractivity contribution >= 4 is 45.7 Å². The van der Waals surface area contributed by atoms with Gasteiger partial charge in [-0.2, -0.15) is 0 Å². The fourth-order valence-corrected chi connectivity index (χ4v) is 5.77. The molecule has 246 valence electrons. The van der Waals surface area contributed by atoms with Crippen LogP contribution in [0.5, 0.6) is 0 Å². The second-order valence-corrected chi connectivity index (χ2v) is 12.3. The molecule has 0 fully saturated rings. The Bertz CT molecular complexity index is 1870. The van der Waals surface area contributed by atoms with Gasteiger partial charge in [0.15, 0.2) is 0 Å². The standard InChI is InChI=1S/C40H41N3O5/c1-27(2)35(21-22-44)41-39(46)37(25-33-17-10-16-31-14-8-9-18-34(31)33)42-38(45)36(43-40(47)48-26-28-11-4-3-5-12-28)24-29-19-20-30-13-6-7-15-32(30)23-29/h3-20,22-23,27,35-37H,21,24-26H2,1-2H3,(H,41,46)(H,42,45)(H,43,47)/t35-,36+,37?/m1/s1. The van der Waals surface area contributed by atoms with Crippen LogP contribution in [0.2, 0.25) is 0 Å². The fraction of sp³-hybridized carbons (Fsp3) is 0.250. The molecule has 5 rings (SSSR count). The number of benzene rings is 5. The van der Waals surface area contributed by atoms with E-state index in [1.54, 1.807) is 0 Å². The second kappa shape index (κ2) is 16.4. The Kier molecular flexibility index (Phi) is 11.5. The molecule has 5 aromatic carbocycles. The highest BCUT2D eigenvalue weighted by atomic mass is 16.5. The van der Waals surface area contributed by atoms with Crippen molar-refractivity contribution in [2.24, 2.45) is 5.92 Å². The van der Waals surface area contributed by atoms with Crippen LogP contribution >= 0.6 is 0 Å². The van der Waals surface area contributed by atoms with E-state index in [-0.39, 0.29) is 31.8 Å². The molecule has 5 aromatic rings. The number of carbonyl (C=O) groups is 4. The second-order valence-electron chi connectivity index (χ2n) is 12.3. The minimum atomic E-state index is -1.05. The maximum Gasteiger partial charge on any atom is 0.408 e. The SMILES string of the molecule is CC(C)[C@@H](CC=O)NC(=O)C(Cc1cccc2ccccc12)NC(=O)[C@H](Cc1ccc2ccccc2c1)NC(=O)OCc1ccccc1. The van der Waals surface area contributed by atoms with Gasteiger partial charge in [0.25, 0.3) is 0 Å². The van der Waals surface area contributed by atoms with E-state index in [0.717, 1.165) is 44.5 Å². The lowest BCUT2D eigenvalue weighted by Gasteiger charge is -2.27. The van der Waals surface area contributed by atoms with Crippen LogP contribution in [0.4, 0.5) is 4.79 Å². The Hall–Kier alpha value is -5.50. The molecule has 0 aliphatic carbocycles. The van der Waals surface area contributed by atoms with Crippen LogP contribution in [0.25, 0.3) is 21.5 Å². The van der Waals surface area contributed by atoms with Gasteiger partial charge in [-0.3, -0.25) is 9.59 Å². The highest BCUT2D eigenvalue weighted by Gasteiger charge is 2.30. The number of aldehydes is 1. The van der Waals surface area contributed by atoms with Crippen molar-refractivity contribution in [2.45, 2.75) is 57.8 Å². The molecule has 0 saturated carbocycles. The molecule has 0 bridgehead atoms. The average Bonchev–Trinajstić information content (AvgIpc) is 3.10. The number of alkyl carbamates (subject to hydrolysis) is 1. The van der Waals surface area contributed by atoms with Gasteiger partial charge in [-0.05, 0) is 44.2 Å². The molecule has 0 aliphatic heterocycles. The number of fused-ring (bicyclic) bond motifs is 2. The quantitative estimate of drug-likeness (QED) is 0.123. The monoisotopic (exact) mass is 643 g/mol. The molecule has 8 nitrogen and oxygen atoms in total. The van der Waals surface area contributed by atoms with Crippen LogP contribution in [0.1, 0.15) is 37.0 Å². The number of carbonyl (C=O) groups excluding carboxylic acids is 4. The van der Waals surface area contributed by atoms with Gasteiger partial charge in [0.1, 0.15) is 25.0 Å². The zero-order valence-electron chi connectivity index (χ0n) is 27.2. The Morgan fingerprint density at radius 3 is 2.04 bits per heavy atom. The van der Waals surface area contributed by atoms with E-state index < -0.39 is 36.0 Å². The maximum atomic E-state index is 14.1. The van der Waals surface area contributed by atoms with Gasteiger partial charge in [0, 0.05) is 25.3 Å². The summed E-state index contributed by atoms with van der Waals surface area (Å²) >= 11 is 0. The molecule has 3 N–H and O–H groups in total. The summed E-state index contributed by atoms with van der Waals surface area (Å²) in [6.45, 7) is 3.89. The Morgan fingerprint density at radius 2 is 1.29 bits per heavy atom. The van der Waals surface area contributed by atoms with Gasteiger partial charge in [0.2, 0.25) is 11.8 Å². The summed E-state index contributed by atoms with van der Waals surface area (Å²) in [5.41, 5.74) is 2.52. The van der Waals surface area contributed by atoms with E-state index in [1.807, 2.05) is 129 Å². The summed E-state index contributed by atoms with van der Waals surface area (Å²) in [5, 5.41) is 12.7. The first-order chi connectivity index (χ1) is 23.3. The number of ether oxygens (including phenoxy) is 1. The van der Waals surface area contributed by atoms with Crippen molar-refractivity contribution in [1.82, 2.24) is 16.0 Å². The Morgan fingerprint density at radius 1 is 0.646 bits per heavy atom. The normalized spacial score (nSPS) is 13.0. The molecule has 3 amide bonds. The number of nitrogens with one attached hydrogen (secondary N) is 3. The van der Waals surface area contributed by atoms with Crippen LogP contribution in [0, 0.1) is 5.92 Å². The predicted molar refractivity (Wildman–Crippen MR) is 188 cm³/mol. The van der Waals surface area contributed by atoms with E-state index >= 15 is 0 Å². The molecule has 8 heteroatoms. The topological polar surface area (TPSA) is 114 Å². The lowest BCUT2D eigenvalue weighted by atomic mass is 9.96. The molecule has 3 atom stereocenters. The predicted octanol–water partition coefficient (Wildman–Crippen LogP) is 6.29. The van der Waals surface area contributed by atoms with Crippen molar-refractivity contribution in [3.8, 4) is 0 Å². The van der Waals surface area contributed by atoms with E-state index in [2.05, 4.69) is 16.0 Å². The summed E-state index contributed by atoms with van der Waals surface area (Å²) in [4.78, 5) is 52.4. The number of hydrogen-bond donors (Lipinski definition) is 3. The van der Waals surface area contributed by atoms with Crippen LogP contribution in [0.3, 0.4) is 0 Å². The lowest BCUT2D eigenvalue weighted by Crippen LogP contribution is -2.56. The average molecular weight is 644 g/mol. The van der Waals surface area contributed by atoms with E-state index in [9.17, 15) is 19.2 Å². The van der Waals surface area contributed by atoms with E-state index in [0.29, 0.717) is 0 Å². The van der Waals surface area contributed by atoms with Crippen molar-refractivity contribution in [1.29, 1.82) is 0 Å². The molecule has 0 spiro atoms. The largest absolute Gasteiger partial charge is 0.445 e. The van der Waals surface area contributed by atoms with E-state index in [4.69, 9.17) is 4.74 Å². The first-order valence-electron chi connectivity index (χ1n) is 16.3. The molecular weight excluding hydrogens is 602 g/mol. The highest BCUT2D eigenvalue weighted by molar-refractivity contribution is 5.93. The van der Waals surface area contributed by atoms with Crippen molar-refractivity contribution < 1.29 is 23.9 Å². The minimum absolute atomic E-state index is 0.00485. The summed E-state index contributed by atoms with van der Waals surface area (Å²) in [5.74, 6) is -0.945. The van der Waals surface area contributed by atoms with Crippen molar-refractivity contribution in [3.05, 3.63) is 132 Å². The van der Waals surface area contributed by atoms with Gasteiger partial charge in [0.05, 0.1) is 0 Å². The van der Waals surface area contributed by atoms with Crippen molar-refractivity contribution in [2.75, 3.05) is 0 Å². The third-order valence-corrected chi connectivity index (χ3v) is 8.49. The van der Waals surface area contributed by atoms with E-state index in [1.165, 1.54) is 0 Å². The number of hydrogen-bond acceptors (Lipinski definition) is 5. The summed E-state index contributed by atoms with van der Waals surface area (Å²) in [6.07, 6.45) is 0.553. The Labute approximate surface area is 280 Å². The summed E-state index contributed by atoms with van der Waals surface area (Å²) in [7, 11) is 0. The molecular formula is C40H41N3O5. The summed E-state index contributed by atoms with van der Waals surface area (Å²) < 4.78 is 5.48. The molecule has 0 radical (unpaired) electrons. The number of amides is 3. The van der Waals surface area contributed by atoms with Crippen molar-refractivity contribution in [3.63, 3.8) is 0 Å². The highest BCUT2D eigenvalue weighted by Crippen LogP contribution is 2.21. The first kappa shape index (κ1) is 33.9. The smallest absolute Gasteiger partial charge is 0.408 e. The first-order valence-corrected chi connectivity index (χ1v) is 16.3. The molecule has 0 aromatic heterocycles. The van der Waals surface area contributed by atoms with Gasteiger partial charge >= 0.3 is 6.09 Å². The van der Waals surface area contributed by atoms with Crippen LogP contribution in [0.15, 0.2) is 115 Å². The molecule has 48 heavy (non-hydrogen) atoms. The lowest BCUT2D eigenvalue weighted by molar-refractivity contribution is -0.130. The maximum absolute atomic E-state index is 14.1. The molecule has 0 heterocycles. The zero-order valence-corrected chi connectivity index (χ0v) is 27.2. The molecule has 0 saturated heterocycles. The minimum Gasteiger partial charge on any atom is -0.445 e. The van der Waals surface area contributed by atoms with Gasteiger partial charge < -0.3 is 25.5 Å².